The molecule has 0 aliphatic heterocycles. The molecule has 5 N–H and O–H groups in total. The normalized spacial score (nSPS) is 20.4. The van der Waals surface area contributed by atoms with Crippen LogP contribution in [0.4, 0.5) is 21.6 Å². The van der Waals surface area contributed by atoms with Gasteiger partial charge in [-0.25, -0.2) is 13.9 Å². The molecule has 2 heterocycles. The summed E-state index contributed by atoms with van der Waals surface area (Å²) in [5.74, 6) is 0.443. The van der Waals surface area contributed by atoms with Crippen LogP contribution < -0.4 is 16.8 Å². The Morgan fingerprint density at radius 1 is 1.19 bits per heavy atom. The van der Waals surface area contributed by atoms with Gasteiger partial charge < -0.3 is 16.8 Å². The minimum atomic E-state index is -0.325. The second-order valence-corrected chi connectivity index (χ2v) is 7.04. The van der Waals surface area contributed by atoms with Crippen LogP contribution in [0.2, 0.25) is 0 Å². The van der Waals surface area contributed by atoms with Crippen LogP contribution in [0.25, 0.3) is 5.65 Å². The molecule has 1 aliphatic carbocycles. The SMILES string of the molecule is Cc1c(N)nn2cc([C@H]3CC[C@@H](N)CC3)nc2c1Nc1ccccc1F. The highest BCUT2D eigenvalue weighted by molar-refractivity contribution is 5.80. The Balaban J connectivity index is 1.76. The molecule has 1 aromatic carbocycles. The van der Waals surface area contributed by atoms with Gasteiger partial charge in [0, 0.05) is 17.5 Å². The third-order valence-electron chi connectivity index (χ3n) is 5.23. The predicted molar refractivity (Wildman–Crippen MR) is 101 cm³/mol. The zero-order valence-corrected chi connectivity index (χ0v) is 14.7. The minimum absolute atomic E-state index is 0.289. The van der Waals surface area contributed by atoms with Crippen molar-refractivity contribution < 1.29 is 4.39 Å². The molecule has 0 bridgehead atoms. The number of rotatable bonds is 3. The van der Waals surface area contributed by atoms with Gasteiger partial charge in [-0.2, -0.15) is 0 Å². The molecule has 1 fully saturated rings. The second kappa shape index (κ2) is 6.57. The van der Waals surface area contributed by atoms with Crippen molar-refractivity contribution in [1.29, 1.82) is 0 Å². The van der Waals surface area contributed by atoms with Crippen molar-refractivity contribution in [2.45, 2.75) is 44.6 Å². The number of fused-ring (bicyclic) bond motifs is 1. The molecule has 0 atom stereocenters. The molecular weight excluding hydrogens is 331 g/mol. The highest BCUT2D eigenvalue weighted by Crippen LogP contribution is 2.34. The van der Waals surface area contributed by atoms with E-state index in [1.165, 1.54) is 6.07 Å². The lowest BCUT2D eigenvalue weighted by molar-refractivity contribution is 0.391. The van der Waals surface area contributed by atoms with Gasteiger partial charge in [0.25, 0.3) is 0 Å². The maximum absolute atomic E-state index is 14.1. The van der Waals surface area contributed by atoms with Gasteiger partial charge in [0.2, 0.25) is 0 Å². The van der Waals surface area contributed by atoms with Gasteiger partial charge in [0.1, 0.15) is 11.6 Å². The van der Waals surface area contributed by atoms with Gasteiger partial charge >= 0.3 is 0 Å². The lowest BCUT2D eigenvalue weighted by Gasteiger charge is -2.24. The molecule has 1 saturated carbocycles. The Labute approximate surface area is 151 Å². The van der Waals surface area contributed by atoms with Crippen molar-refractivity contribution in [2.75, 3.05) is 11.1 Å². The number of nitrogen functional groups attached to an aromatic ring is 1. The number of nitrogens with zero attached hydrogens (tertiary/aromatic N) is 3. The van der Waals surface area contributed by atoms with Gasteiger partial charge in [-0.3, -0.25) is 0 Å². The molecule has 4 rings (SSSR count). The first-order valence-electron chi connectivity index (χ1n) is 8.95. The predicted octanol–water partition coefficient (Wildman–Crippen LogP) is 3.49. The average Bonchev–Trinajstić information content (AvgIpc) is 3.04. The molecule has 0 radical (unpaired) electrons. The molecular formula is C19H23FN6. The molecule has 2 aromatic heterocycles. The van der Waals surface area contributed by atoms with Crippen LogP contribution in [0.3, 0.4) is 0 Å². The zero-order valence-electron chi connectivity index (χ0n) is 14.7. The van der Waals surface area contributed by atoms with Crippen LogP contribution in [0.1, 0.15) is 42.9 Å². The summed E-state index contributed by atoms with van der Waals surface area (Å²) >= 11 is 0. The first-order chi connectivity index (χ1) is 12.5. The van der Waals surface area contributed by atoms with E-state index in [1.54, 1.807) is 22.7 Å². The summed E-state index contributed by atoms with van der Waals surface area (Å²) in [7, 11) is 0. The number of hydrogen-bond donors (Lipinski definition) is 3. The van der Waals surface area contributed by atoms with E-state index in [-0.39, 0.29) is 11.9 Å². The quantitative estimate of drug-likeness (QED) is 0.669. The van der Waals surface area contributed by atoms with E-state index >= 15 is 0 Å². The summed E-state index contributed by atoms with van der Waals surface area (Å²) in [6, 6.07) is 6.84. The van der Waals surface area contributed by atoms with Crippen molar-refractivity contribution in [3.8, 4) is 0 Å². The van der Waals surface area contributed by atoms with Crippen molar-refractivity contribution in [3.05, 3.63) is 47.5 Å². The summed E-state index contributed by atoms with van der Waals surface area (Å²) in [6.45, 7) is 1.86. The number of nitrogens with two attached hydrogens (primary N) is 2. The minimum Gasteiger partial charge on any atom is -0.382 e. The van der Waals surface area contributed by atoms with E-state index in [0.717, 1.165) is 36.9 Å². The molecule has 0 spiro atoms. The van der Waals surface area contributed by atoms with E-state index in [2.05, 4.69) is 10.4 Å². The number of halogens is 1. The Hall–Kier alpha value is -2.67. The topological polar surface area (TPSA) is 94.3 Å². The van der Waals surface area contributed by atoms with Gasteiger partial charge in [-0.1, -0.05) is 12.1 Å². The Kier molecular flexibility index (Phi) is 4.24. The maximum atomic E-state index is 14.1. The maximum Gasteiger partial charge on any atom is 0.177 e. The smallest absolute Gasteiger partial charge is 0.177 e. The number of nitrogens with one attached hydrogen (secondary N) is 1. The first kappa shape index (κ1) is 16.8. The number of para-hydroxylation sites is 1. The van der Waals surface area contributed by atoms with Crippen LogP contribution in [0.5, 0.6) is 0 Å². The summed E-state index contributed by atoms with van der Waals surface area (Å²) in [6.07, 6.45) is 5.99. The van der Waals surface area contributed by atoms with E-state index in [1.807, 2.05) is 13.1 Å². The Morgan fingerprint density at radius 2 is 1.92 bits per heavy atom. The highest BCUT2D eigenvalue weighted by Gasteiger charge is 2.24. The fraction of sp³-hybridized carbons (Fsp3) is 0.368. The van der Waals surface area contributed by atoms with E-state index < -0.39 is 0 Å². The number of anilines is 3. The fourth-order valence-corrected chi connectivity index (χ4v) is 3.58. The van der Waals surface area contributed by atoms with Crippen LogP contribution in [0.15, 0.2) is 30.5 Å². The molecule has 26 heavy (non-hydrogen) atoms. The van der Waals surface area contributed by atoms with E-state index in [0.29, 0.717) is 28.8 Å². The molecule has 7 heteroatoms. The van der Waals surface area contributed by atoms with E-state index in [4.69, 9.17) is 16.5 Å². The lowest BCUT2D eigenvalue weighted by Crippen LogP contribution is -2.25. The van der Waals surface area contributed by atoms with Crippen molar-refractivity contribution in [2.24, 2.45) is 5.73 Å². The van der Waals surface area contributed by atoms with Crippen LogP contribution in [0, 0.1) is 12.7 Å². The molecule has 6 nitrogen and oxygen atoms in total. The fourth-order valence-electron chi connectivity index (χ4n) is 3.58. The number of hydrogen-bond acceptors (Lipinski definition) is 5. The highest BCUT2D eigenvalue weighted by atomic mass is 19.1. The van der Waals surface area contributed by atoms with Gasteiger partial charge in [0.05, 0.1) is 23.3 Å². The number of aromatic nitrogens is 3. The molecule has 0 amide bonds. The van der Waals surface area contributed by atoms with Crippen molar-refractivity contribution in [1.82, 2.24) is 14.6 Å². The van der Waals surface area contributed by atoms with Gasteiger partial charge in [-0.15, -0.1) is 5.10 Å². The monoisotopic (exact) mass is 354 g/mol. The van der Waals surface area contributed by atoms with Crippen LogP contribution >= 0.6 is 0 Å². The summed E-state index contributed by atoms with van der Waals surface area (Å²) < 4.78 is 15.8. The van der Waals surface area contributed by atoms with Gasteiger partial charge in [-0.05, 0) is 44.7 Å². The molecule has 0 unspecified atom stereocenters. The summed E-state index contributed by atoms with van der Waals surface area (Å²) in [5, 5.41) is 7.55. The third kappa shape index (κ3) is 2.99. The van der Waals surface area contributed by atoms with Crippen LogP contribution in [-0.4, -0.2) is 20.6 Å². The van der Waals surface area contributed by atoms with Crippen LogP contribution in [-0.2, 0) is 0 Å². The second-order valence-electron chi connectivity index (χ2n) is 7.04. The van der Waals surface area contributed by atoms with E-state index in [9.17, 15) is 4.39 Å². The Bertz CT molecular complexity index is 943. The number of imidazole rings is 1. The molecule has 136 valence electrons. The standard InChI is InChI=1S/C19H23FN6/c1-11-17(23-15-5-3-2-4-14(15)20)19-24-16(10-26(19)25-18(11)22)12-6-8-13(21)9-7-12/h2-5,10,12-13,23H,6-9,21H2,1H3,(H2,22,25)/t12-,13+. The molecule has 1 aliphatic rings. The average molecular weight is 354 g/mol. The number of benzene rings is 1. The summed E-state index contributed by atoms with van der Waals surface area (Å²) in [5.41, 5.74) is 15.6. The zero-order chi connectivity index (χ0) is 18.3. The lowest BCUT2D eigenvalue weighted by atomic mass is 9.85. The van der Waals surface area contributed by atoms with Crippen molar-refractivity contribution in [3.63, 3.8) is 0 Å². The first-order valence-corrected chi connectivity index (χ1v) is 8.95. The molecule has 0 saturated heterocycles. The summed E-state index contributed by atoms with van der Waals surface area (Å²) in [4.78, 5) is 4.81. The molecule has 3 aromatic rings. The largest absolute Gasteiger partial charge is 0.382 e. The third-order valence-corrected chi connectivity index (χ3v) is 5.23. The van der Waals surface area contributed by atoms with Crippen molar-refractivity contribution >= 4 is 22.8 Å². The Morgan fingerprint density at radius 3 is 2.65 bits per heavy atom. The van der Waals surface area contributed by atoms with Gasteiger partial charge in [0.15, 0.2) is 5.65 Å².